The lowest BCUT2D eigenvalue weighted by molar-refractivity contribution is 0.0660. The maximum absolute atomic E-state index is 13.4. The Morgan fingerprint density at radius 2 is 2.00 bits per heavy atom. The van der Waals surface area contributed by atoms with Crippen LogP contribution in [-0.2, 0) is 0 Å². The molecule has 0 bridgehead atoms. The molecule has 0 spiro atoms. The normalized spacial score (nSPS) is 19.4. The van der Waals surface area contributed by atoms with Gasteiger partial charge in [-0.2, -0.15) is 10.1 Å². The third-order valence-electron chi connectivity index (χ3n) is 5.97. The van der Waals surface area contributed by atoms with Crippen LogP contribution in [0.4, 0.5) is 8.78 Å². The number of benzene rings is 1. The Morgan fingerprint density at radius 3 is 2.84 bits per heavy atom. The molecular formula is C22H20F2N6O. The van der Waals surface area contributed by atoms with Gasteiger partial charge in [0.15, 0.2) is 0 Å². The van der Waals surface area contributed by atoms with E-state index >= 15 is 0 Å². The van der Waals surface area contributed by atoms with Crippen molar-refractivity contribution < 1.29 is 13.6 Å². The molecule has 9 heteroatoms. The van der Waals surface area contributed by atoms with Crippen molar-refractivity contribution in [3.8, 4) is 0 Å². The summed E-state index contributed by atoms with van der Waals surface area (Å²) in [4.78, 5) is 27.4. The quantitative estimate of drug-likeness (QED) is 0.501. The Bertz CT molecular complexity index is 1270. The number of hydrogen-bond donors (Lipinski definition) is 0. The highest BCUT2D eigenvalue weighted by Crippen LogP contribution is 2.34. The number of hydrogen-bond acceptors (Lipinski definition) is 5. The molecule has 0 aliphatic carbocycles. The fourth-order valence-electron chi connectivity index (χ4n) is 4.22. The Morgan fingerprint density at radius 1 is 1.16 bits per heavy atom. The molecule has 1 aliphatic rings. The standard InChI is InChI=1S/C22H20F2N6O/c1-13-8-9-29(21(31)17-7-6-14-4-2-3-5-16(14)27-17)11-15(13)19-10-18(20(23)24)28-22-25-12-26-30(19)22/h2-7,10,12-13,15,20H,8-9,11H2,1H3/t13-,15?/m1/s1. The number of carbonyl (C=O) groups is 1. The van der Waals surface area contributed by atoms with Gasteiger partial charge in [0.1, 0.15) is 17.7 Å². The summed E-state index contributed by atoms with van der Waals surface area (Å²) in [6, 6.07) is 12.6. The van der Waals surface area contributed by atoms with Crippen LogP contribution < -0.4 is 0 Å². The first-order valence-corrected chi connectivity index (χ1v) is 10.1. The Labute approximate surface area is 176 Å². The van der Waals surface area contributed by atoms with Crippen molar-refractivity contribution in [2.75, 3.05) is 13.1 Å². The van der Waals surface area contributed by atoms with E-state index in [1.807, 2.05) is 30.3 Å². The van der Waals surface area contributed by atoms with E-state index in [4.69, 9.17) is 0 Å². The van der Waals surface area contributed by atoms with E-state index < -0.39 is 6.43 Å². The second-order valence-electron chi connectivity index (χ2n) is 7.89. The lowest BCUT2D eigenvalue weighted by Crippen LogP contribution is -2.43. The van der Waals surface area contributed by atoms with Crippen LogP contribution in [0.1, 0.15) is 47.6 Å². The van der Waals surface area contributed by atoms with Crippen molar-refractivity contribution in [1.29, 1.82) is 0 Å². The summed E-state index contributed by atoms with van der Waals surface area (Å²) in [6.45, 7) is 3.03. The molecule has 4 aromatic rings. The van der Waals surface area contributed by atoms with Crippen molar-refractivity contribution in [3.05, 3.63) is 65.9 Å². The van der Waals surface area contributed by atoms with E-state index in [0.29, 0.717) is 24.5 Å². The lowest BCUT2D eigenvalue weighted by Gasteiger charge is -2.37. The average Bonchev–Trinajstić information content (AvgIpc) is 3.27. The maximum Gasteiger partial charge on any atom is 0.280 e. The van der Waals surface area contributed by atoms with Crippen LogP contribution in [0.2, 0.25) is 0 Å². The molecule has 2 atom stereocenters. The second-order valence-corrected chi connectivity index (χ2v) is 7.89. The van der Waals surface area contributed by atoms with Gasteiger partial charge >= 0.3 is 0 Å². The minimum atomic E-state index is -2.71. The molecule has 0 radical (unpaired) electrons. The number of likely N-dealkylation sites (tertiary alicyclic amines) is 1. The van der Waals surface area contributed by atoms with Crippen LogP contribution in [0.15, 0.2) is 48.8 Å². The topological polar surface area (TPSA) is 76.3 Å². The molecule has 1 aliphatic heterocycles. The molecule has 7 nitrogen and oxygen atoms in total. The largest absolute Gasteiger partial charge is 0.337 e. The SMILES string of the molecule is C[C@@H]1CCN(C(=O)c2ccc3ccccc3n2)CC1c1cc(C(F)F)nc2ncnn12. The molecule has 158 valence electrons. The van der Waals surface area contributed by atoms with Crippen molar-refractivity contribution in [2.24, 2.45) is 5.92 Å². The number of rotatable bonds is 3. The number of aromatic nitrogens is 5. The van der Waals surface area contributed by atoms with Crippen LogP contribution in [0.3, 0.4) is 0 Å². The molecule has 5 rings (SSSR count). The van der Waals surface area contributed by atoms with Gasteiger partial charge in [-0.3, -0.25) is 4.79 Å². The summed E-state index contributed by atoms with van der Waals surface area (Å²) in [7, 11) is 0. The molecule has 0 saturated carbocycles. The van der Waals surface area contributed by atoms with Gasteiger partial charge < -0.3 is 4.90 Å². The number of amides is 1. The van der Waals surface area contributed by atoms with Gasteiger partial charge in [-0.25, -0.2) is 23.3 Å². The number of alkyl halides is 2. The van der Waals surface area contributed by atoms with Crippen molar-refractivity contribution >= 4 is 22.6 Å². The van der Waals surface area contributed by atoms with Gasteiger partial charge in [0.2, 0.25) is 0 Å². The lowest BCUT2D eigenvalue weighted by atomic mass is 9.84. The van der Waals surface area contributed by atoms with Crippen LogP contribution in [0.25, 0.3) is 16.7 Å². The molecule has 0 N–H and O–H groups in total. The number of para-hydroxylation sites is 1. The molecule has 1 unspecified atom stereocenters. The smallest absolute Gasteiger partial charge is 0.280 e. The third-order valence-corrected chi connectivity index (χ3v) is 5.97. The van der Waals surface area contributed by atoms with Crippen LogP contribution in [0.5, 0.6) is 0 Å². The first-order chi connectivity index (χ1) is 15.0. The first-order valence-electron chi connectivity index (χ1n) is 10.1. The number of nitrogens with zero attached hydrogens (tertiary/aromatic N) is 6. The highest BCUT2D eigenvalue weighted by Gasteiger charge is 2.33. The highest BCUT2D eigenvalue weighted by molar-refractivity contribution is 5.95. The predicted octanol–water partition coefficient (Wildman–Crippen LogP) is 3.88. The Kier molecular flexibility index (Phi) is 4.80. The molecule has 31 heavy (non-hydrogen) atoms. The Hall–Kier alpha value is -3.49. The minimum absolute atomic E-state index is 0.139. The van der Waals surface area contributed by atoms with E-state index in [0.717, 1.165) is 17.3 Å². The third kappa shape index (κ3) is 3.49. The van der Waals surface area contributed by atoms with E-state index in [2.05, 4.69) is 27.0 Å². The zero-order valence-electron chi connectivity index (χ0n) is 16.8. The van der Waals surface area contributed by atoms with Gasteiger partial charge in [-0.15, -0.1) is 0 Å². The number of fused-ring (bicyclic) bond motifs is 2. The zero-order valence-corrected chi connectivity index (χ0v) is 16.8. The second kappa shape index (κ2) is 7.64. The van der Waals surface area contributed by atoms with Crippen molar-refractivity contribution in [3.63, 3.8) is 0 Å². The van der Waals surface area contributed by atoms with Crippen LogP contribution >= 0.6 is 0 Å². The van der Waals surface area contributed by atoms with E-state index in [9.17, 15) is 13.6 Å². The number of piperidine rings is 1. The summed E-state index contributed by atoms with van der Waals surface area (Å²) in [5, 5.41) is 5.14. The highest BCUT2D eigenvalue weighted by atomic mass is 19.3. The monoisotopic (exact) mass is 422 g/mol. The number of carbonyl (C=O) groups excluding carboxylic acids is 1. The van der Waals surface area contributed by atoms with Gasteiger partial charge in [0.25, 0.3) is 18.1 Å². The fraction of sp³-hybridized carbons (Fsp3) is 0.318. The molecule has 1 amide bonds. The maximum atomic E-state index is 13.4. The van der Waals surface area contributed by atoms with Gasteiger partial charge in [0.05, 0.1) is 11.2 Å². The number of pyridine rings is 1. The molecule has 1 saturated heterocycles. The summed E-state index contributed by atoms with van der Waals surface area (Å²) in [6.07, 6.45) is -0.665. The molecular weight excluding hydrogens is 402 g/mol. The molecule has 1 fully saturated rings. The summed E-state index contributed by atoms with van der Waals surface area (Å²) >= 11 is 0. The Balaban J connectivity index is 1.48. The first kappa shape index (κ1) is 19.5. The molecule has 1 aromatic carbocycles. The van der Waals surface area contributed by atoms with Gasteiger partial charge in [-0.05, 0) is 30.5 Å². The minimum Gasteiger partial charge on any atom is -0.337 e. The van der Waals surface area contributed by atoms with Gasteiger partial charge in [0, 0.05) is 24.4 Å². The van der Waals surface area contributed by atoms with E-state index in [1.54, 1.807) is 11.0 Å². The van der Waals surface area contributed by atoms with E-state index in [1.165, 1.54) is 16.9 Å². The zero-order chi connectivity index (χ0) is 21.5. The van der Waals surface area contributed by atoms with Crippen LogP contribution in [-0.4, -0.2) is 48.5 Å². The number of halogens is 2. The van der Waals surface area contributed by atoms with Crippen molar-refractivity contribution in [1.82, 2.24) is 29.5 Å². The summed E-state index contributed by atoms with van der Waals surface area (Å²) in [5.41, 5.74) is 1.40. The fourth-order valence-corrected chi connectivity index (χ4v) is 4.22. The van der Waals surface area contributed by atoms with Gasteiger partial charge in [-0.1, -0.05) is 31.2 Å². The average molecular weight is 422 g/mol. The van der Waals surface area contributed by atoms with Crippen molar-refractivity contribution in [2.45, 2.75) is 25.7 Å². The molecule has 3 aromatic heterocycles. The summed E-state index contributed by atoms with van der Waals surface area (Å²) in [5.74, 6) is -0.0305. The van der Waals surface area contributed by atoms with Crippen LogP contribution in [0, 0.1) is 5.92 Å². The molecule has 4 heterocycles. The summed E-state index contributed by atoms with van der Waals surface area (Å²) < 4.78 is 28.3. The van der Waals surface area contributed by atoms with E-state index in [-0.39, 0.29) is 29.2 Å². The predicted molar refractivity (Wildman–Crippen MR) is 110 cm³/mol.